The second-order valence-electron chi connectivity index (χ2n) is 11.2. The second-order valence-corrected chi connectivity index (χ2v) is 11.2. The van der Waals surface area contributed by atoms with Gasteiger partial charge in [-0.1, -0.05) is 32.9 Å². The number of nitrogens with zero attached hydrogens (tertiary/aromatic N) is 4. The number of likely N-dealkylation sites (tertiary alicyclic amines) is 1. The first-order chi connectivity index (χ1) is 15.8. The molecule has 1 aromatic carbocycles. The maximum absolute atomic E-state index is 14.0. The first kappa shape index (κ1) is 25.7. The summed E-state index contributed by atoms with van der Waals surface area (Å²) in [6.45, 7) is 13.7. The number of ether oxygens (including phenoxy) is 1. The monoisotopic (exact) mass is 471 g/mol. The number of nitrogens with one attached hydrogen (secondary N) is 1. The fourth-order valence-corrected chi connectivity index (χ4v) is 4.37. The molecule has 1 amide bonds. The minimum Gasteiger partial charge on any atom is -0.444 e. The number of amides is 1. The highest BCUT2D eigenvalue weighted by Gasteiger charge is 2.40. The molecule has 34 heavy (non-hydrogen) atoms. The Balaban J connectivity index is 1.68. The summed E-state index contributed by atoms with van der Waals surface area (Å²) in [6, 6.07) is 8.41. The summed E-state index contributed by atoms with van der Waals surface area (Å²) in [5.74, 6) is 1.36. The molecule has 1 aliphatic rings. The predicted molar refractivity (Wildman–Crippen MR) is 134 cm³/mol. The van der Waals surface area contributed by atoms with Gasteiger partial charge in [-0.05, 0) is 57.1 Å². The van der Waals surface area contributed by atoms with Gasteiger partial charge in [-0.15, -0.1) is 0 Å². The number of rotatable bonds is 5. The molecule has 186 valence electrons. The molecule has 1 fully saturated rings. The SMILES string of the molecule is CN(CC1CCN(C(=O)OC(C)(C)C)C(C(C)(C)C)C1)c1cc(Nc2ccccc2F)ncn1. The van der Waals surface area contributed by atoms with E-state index in [-0.39, 0.29) is 23.4 Å². The number of halogens is 1. The van der Waals surface area contributed by atoms with Gasteiger partial charge in [0, 0.05) is 32.2 Å². The second kappa shape index (κ2) is 10.2. The van der Waals surface area contributed by atoms with E-state index in [0.717, 1.165) is 25.2 Å². The molecule has 1 aromatic heterocycles. The maximum Gasteiger partial charge on any atom is 0.410 e. The van der Waals surface area contributed by atoms with Gasteiger partial charge < -0.3 is 19.9 Å². The third kappa shape index (κ3) is 6.81. The zero-order valence-corrected chi connectivity index (χ0v) is 21.4. The Hall–Kier alpha value is -2.90. The molecule has 2 atom stereocenters. The van der Waals surface area contributed by atoms with E-state index in [2.05, 4.69) is 41.0 Å². The molecule has 0 radical (unpaired) electrons. The summed E-state index contributed by atoms with van der Waals surface area (Å²) in [5.41, 5.74) is -0.213. The standard InChI is InChI=1S/C26H38FN5O2/c1-25(2,3)21-14-18(12-13-32(21)24(33)34-26(4,5)6)16-31(7)23-15-22(28-17-29-23)30-20-11-9-8-10-19(20)27/h8-11,15,17-18,21H,12-14,16H2,1-7H3,(H,28,29,30). The molecule has 0 aliphatic carbocycles. The van der Waals surface area contributed by atoms with Crippen LogP contribution in [0.25, 0.3) is 0 Å². The highest BCUT2D eigenvalue weighted by atomic mass is 19.1. The van der Waals surface area contributed by atoms with Crippen LogP contribution in [0.2, 0.25) is 0 Å². The summed E-state index contributed by atoms with van der Waals surface area (Å²) in [4.78, 5) is 25.5. The molecule has 0 spiro atoms. The van der Waals surface area contributed by atoms with Crippen LogP contribution in [0.15, 0.2) is 36.7 Å². The lowest BCUT2D eigenvalue weighted by atomic mass is 9.77. The van der Waals surface area contributed by atoms with E-state index in [9.17, 15) is 9.18 Å². The van der Waals surface area contributed by atoms with E-state index in [4.69, 9.17) is 4.74 Å². The van der Waals surface area contributed by atoms with E-state index in [0.29, 0.717) is 24.0 Å². The number of benzene rings is 1. The Labute approximate surface area is 202 Å². The lowest BCUT2D eigenvalue weighted by Gasteiger charge is -2.46. The number of carbonyl (C=O) groups is 1. The molecule has 1 saturated heterocycles. The van der Waals surface area contributed by atoms with Gasteiger partial charge in [0.1, 0.15) is 29.4 Å². The van der Waals surface area contributed by atoms with Crippen molar-refractivity contribution < 1.29 is 13.9 Å². The van der Waals surface area contributed by atoms with Crippen molar-refractivity contribution >= 4 is 23.4 Å². The van der Waals surface area contributed by atoms with Gasteiger partial charge in [0.15, 0.2) is 0 Å². The molecule has 3 rings (SSSR count). The predicted octanol–water partition coefficient (Wildman–Crippen LogP) is 5.86. The lowest BCUT2D eigenvalue weighted by molar-refractivity contribution is -0.0146. The minimum atomic E-state index is -0.516. The number of anilines is 3. The van der Waals surface area contributed by atoms with Crippen molar-refractivity contribution in [3.8, 4) is 0 Å². The summed E-state index contributed by atoms with van der Waals surface area (Å²) in [5, 5.41) is 3.02. The number of carbonyl (C=O) groups excluding carboxylic acids is 1. The quantitative estimate of drug-likeness (QED) is 0.589. The van der Waals surface area contributed by atoms with Crippen LogP contribution in [-0.4, -0.2) is 52.7 Å². The summed E-state index contributed by atoms with van der Waals surface area (Å²) in [6.07, 6.45) is 3.02. The van der Waals surface area contributed by atoms with E-state index in [1.807, 2.05) is 38.8 Å². The smallest absolute Gasteiger partial charge is 0.410 e. The Morgan fingerprint density at radius 1 is 1.21 bits per heavy atom. The molecule has 1 aliphatic heterocycles. The molecular weight excluding hydrogens is 433 g/mol. The van der Waals surface area contributed by atoms with Crippen LogP contribution in [0.5, 0.6) is 0 Å². The van der Waals surface area contributed by atoms with Gasteiger partial charge in [0.2, 0.25) is 0 Å². The normalized spacial score (nSPS) is 19.0. The van der Waals surface area contributed by atoms with Crippen LogP contribution in [0.4, 0.5) is 26.5 Å². The number of hydrogen-bond donors (Lipinski definition) is 1. The molecule has 7 nitrogen and oxygen atoms in total. The zero-order chi connectivity index (χ0) is 25.1. The Morgan fingerprint density at radius 3 is 2.56 bits per heavy atom. The minimum absolute atomic E-state index is 0.0695. The van der Waals surface area contributed by atoms with Crippen molar-refractivity contribution in [1.82, 2.24) is 14.9 Å². The summed E-state index contributed by atoms with van der Waals surface area (Å²) in [7, 11) is 2.00. The average Bonchev–Trinajstić information content (AvgIpc) is 2.73. The van der Waals surface area contributed by atoms with Crippen LogP contribution < -0.4 is 10.2 Å². The van der Waals surface area contributed by atoms with Gasteiger partial charge in [-0.25, -0.2) is 19.2 Å². The largest absolute Gasteiger partial charge is 0.444 e. The van der Waals surface area contributed by atoms with Gasteiger partial charge in [0.25, 0.3) is 0 Å². The first-order valence-electron chi connectivity index (χ1n) is 11.9. The van der Waals surface area contributed by atoms with E-state index in [1.54, 1.807) is 18.2 Å². The van der Waals surface area contributed by atoms with Gasteiger partial charge in [0.05, 0.1) is 5.69 Å². The number of hydrogen-bond acceptors (Lipinski definition) is 6. The van der Waals surface area contributed by atoms with Gasteiger partial charge in [-0.3, -0.25) is 0 Å². The van der Waals surface area contributed by atoms with E-state index in [1.165, 1.54) is 12.4 Å². The van der Waals surface area contributed by atoms with Crippen LogP contribution in [0.3, 0.4) is 0 Å². The van der Waals surface area contributed by atoms with Crippen molar-refractivity contribution in [2.24, 2.45) is 11.3 Å². The molecule has 1 N–H and O–H groups in total. The number of piperidine rings is 1. The van der Waals surface area contributed by atoms with Crippen molar-refractivity contribution in [1.29, 1.82) is 0 Å². The van der Waals surface area contributed by atoms with Crippen molar-refractivity contribution in [3.63, 3.8) is 0 Å². The third-order valence-electron chi connectivity index (χ3n) is 6.05. The molecule has 2 unspecified atom stereocenters. The van der Waals surface area contributed by atoms with Gasteiger partial charge in [-0.2, -0.15) is 0 Å². The Kier molecular flexibility index (Phi) is 7.68. The van der Waals surface area contributed by atoms with Crippen LogP contribution in [0, 0.1) is 17.2 Å². The Bertz CT molecular complexity index is 986. The topological polar surface area (TPSA) is 70.6 Å². The van der Waals surface area contributed by atoms with Gasteiger partial charge >= 0.3 is 6.09 Å². The fraction of sp³-hybridized carbons (Fsp3) is 0.577. The van der Waals surface area contributed by atoms with E-state index < -0.39 is 5.60 Å². The third-order valence-corrected chi connectivity index (χ3v) is 6.05. The van der Waals surface area contributed by atoms with Crippen molar-refractivity contribution in [3.05, 3.63) is 42.5 Å². The summed E-state index contributed by atoms with van der Waals surface area (Å²) >= 11 is 0. The molecule has 2 aromatic rings. The number of para-hydroxylation sites is 1. The molecule has 8 heteroatoms. The van der Waals surface area contributed by atoms with E-state index >= 15 is 0 Å². The highest BCUT2D eigenvalue weighted by molar-refractivity contribution is 5.69. The van der Waals surface area contributed by atoms with Crippen LogP contribution >= 0.6 is 0 Å². The van der Waals surface area contributed by atoms with Crippen LogP contribution in [-0.2, 0) is 4.74 Å². The maximum atomic E-state index is 14.0. The first-order valence-corrected chi connectivity index (χ1v) is 11.9. The zero-order valence-electron chi connectivity index (χ0n) is 21.4. The van der Waals surface area contributed by atoms with Crippen LogP contribution in [0.1, 0.15) is 54.4 Å². The molecule has 0 bridgehead atoms. The van der Waals surface area contributed by atoms with Crippen molar-refractivity contribution in [2.75, 3.05) is 30.4 Å². The summed E-state index contributed by atoms with van der Waals surface area (Å²) < 4.78 is 19.7. The average molecular weight is 472 g/mol. The fourth-order valence-electron chi connectivity index (χ4n) is 4.37. The molecule has 2 heterocycles. The highest BCUT2D eigenvalue weighted by Crippen LogP contribution is 2.36. The number of aromatic nitrogens is 2. The molecular formula is C26H38FN5O2. The van der Waals surface area contributed by atoms with Crippen molar-refractivity contribution in [2.45, 2.75) is 66.0 Å². The lowest BCUT2D eigenvalue weighted by Crippen LogP contribution is -2.54. The molecule has 0 saturated carbocycles. The Morgan fingerprint density at radius 2 is 1.91 bits per heavy atom.